The van der Waals surface area contributed by atoms with Gasteiger partial charge in [0.1, 0.15) is 0 Å². The van der Waals surface area contributed by atoms with Gasteiger partial charge in [-0.25, -0.2) is 0 Å². The molecular weight excluding hydrogens is 264 g/mol. The molecule has 0 unspecified atom stereocenters. The first-order valence-corrected chi connectivity index (χ1v) is 8.02. The van der Waals surface area contributed by atoms with Crippen LogP contribution in [0.25, 0.3) is 0 Å². The Bertz CT molecular complexity index is 507. The minimum absolute atomic E-state index is 0.129. The van der Waals surface area contributed by atoms with Crippen LogP contribution in [0.5, 0.6) is 0 Å². The van der Waals surface area contributed by atoms with Crippen LogP contribution in [0.4, 0.5) is 0 Å². The summed E-state index contributed by atoms with van der Waals surface area (Å²) in [6.45, 7) is 2.06. The lowest BCUT2D eigenvalue weighted by Gasteiger charge is -2.25. The van der Waals surface area contributed by atoms with Crippen molar-refractivity contribution in [3.05, 3.63) is 29.8 Å². The van der Waals surface area contributed by atoms with Gasteiger partial charge in [0.2, 0.25) is 0 Å². The number of benzene rings is 1. The van der Waals surface area contributed by atoms with Gasteiger partial charge in [0, 0.05) is 0 Å². The summed E-state index contributed by atoms with van der Waals surface area (Å²) in [5, 5.41) is 9.55. The highest BCUT2D eigenvalue weighted by Gasteiger charge is 2.23. The van der Waals surface area contributed by atoms with E-state index in [0.717, 1.165) is 24.8 Å². The van der Waals surface area contributed by atoms with Gasteiger partial charge in [-0.3, -0.25) is 4.18 Å². The third-order valence-corrected chi connectivity index (χ3v) is 4.82. The summed E-state index contributed by atoms with van der Waals surface area (Å²) in [5.41, 5.74) is 1.01. The van der Waals surface area contributed by atoms with Gasteiger partial charge < -0.3 is 5.11 Å². The Morgan fingerprint density at radius 2 is 1.95 bits per heavy atom. The fourth-order valence-corrected chi connectivity index (χ4v) is 3.35. The van der Waals surface area contributed by atoms with E-state index in [0.29, 0.717) is 6.42 Å². The van der Waals surface area contributed by atoms with Gasteiger partial charge in [-0.15, -0.1) is 0 Å². The Morgan fingerprint density at radius 3 is 2.58 bits per heavy atom. The molecule has 1 fully saturated rings. The van der Waals surface area contributed by atoms with Crippen LogP contribution in [0.1, 0.15) is 31.2 Å². The third-order valence-electron chi connectivity index (χ3n) is 3.52. The van der Waals surface area contributed by atoms with Gasteiger partial charge in [-0.1, -0.05) is 24.1 Å². The predicted molar refractivity (Wildman–Crippen MR) is 72.3 cm³/mol. The molecule has 5 heteroatoms. The summed E-state index contributed by atoms with van der Waals surface area (Å²) in [7, 11) is -3.68. The second-order valence-electron chi connectivity index (χ2n) is 5.24. The summed E-state index contributed by atoms with van der Waals surface area (Å²) < 4.78 is 29.1. The standard InChI is InChI=1S/C14H20O4S/c1-11-5-7-14(8-6-11)19(16,17)18-10-12-3-2-4-13(15)9-12/h5-8,12-13,15H,2-4,9-10H2,1H3/t12-,13+/m1/s1. The summed E-state index contributed by atoms with van der Waals surface area (Å²) in [6.07, 6.45) is 2.97. The van der Waals surface area contributed by atoms with Crippen molar-refractivity contribution in [1.29, 1.82) is 0 Å². The van der Waals surface area contributed by atoms with Crippen LogP contribution >= 0.6 is 0 Å². The van der Waals surface area contributed by atoms with Crippen molar-refractivity contribution >= 4 is 10.1 Å². The molecule has 1 saturated carbocycles. The lowest BCUT2D eigenvalue weighted by molar-refractivity contribution is 0.0821. The van der Waals surface area contributed by atoms with Gasteiger partial charge in [0.25, 0.3) is 10.1 Å². The Kier molecular flexibility index (Phi) is 4.60. The topological polar surface area (TPSA) is 63.6 Å². The van der Waals surface area contributed by atoms with E-state index in [1.54, 1.807) is 24.3 Å². The SMILES string of the molecule is Cc1ccc(S(=O)(=O)OC[C@@H]2CCC[C@H](O)C2)cc1. The van der Waals surface area contributed by atoms with E-state index in [-0.39, 0.29) is 23.5 Å². The van der Waals surface area contributed by atoms with E-state index in [4.69, 9.17) is 4.18 Å². The number of aliphatic hydroxyl groups is 1. The first-order valence-electron chi connectivity index (χ1n) is 6.61. The molecule has 0 radical (unpaired) electrons. The number of hydrogen-bond acceptors (Lipinski definition) is 4. The first kappa shape index (κ1) is 14.5. The maximum Gasteiger partial charge on any atom is 0.296 e. The lowest BCUT2D eigenvalue weighted by atomic mass is 9.88. The molecule has 19 heavy (non-hydrogen) atoms. The van der Waals surface area contributed by atoms with Crippen LogP contribution < -0.4 is 0 Å². The molecule has 0 bridgehead atoms. The first-order chi connectivity index (χ1) is 8.97. The number of rotatable bonds is 4. The average molecular weight is 284 g/mol. The van der Waals surface area contributed by atoms with Crippen LogP contribution in [-0.2, 0) is 14.3 Å². The van der Waals surface area contributed by atoms with Gasteiger partial charge in [-0.2, -0.15) is 8.42 Å². The summed E-state index contributed by atoms with van der Waals surface area (Å²) in [5.74, 6) is 0.129. The third kappa shape index (κ3) is 4.03. The second-order valence-corrected chi connectivity index (χ2v) is 6.85. The molecule has 0 spiro atoms. The van der Waals surface area contributed by atoms with Crippen LogP contribution in [0.15, 0.2) is 29.2 Å². The van der Waals surface area contributed by atoms with Gasteiger partial charge in [0.15, 0.2) is 0 Å². The highest BCUT2D eigenvalue weighted by atomic mass is 32.2. The molecule has 0 saturated heterocycles. The molecule has 1 aliphatic carbocycles. The molecule has 0 aromatic heterocycles. The van der Waals surface area contributed by atoms with Crippen molar-refractivity contribution in [3.63, 3.8) is 0 Å². The summed E-state index contributed by atoms with van der Waals surface area (Å²) >= 11 is 0. The minimum atomic E-state index is -3.68. The number of aliphatic hydroxyl groups excluding tert-OH is 1. The molecule has 1 N–H and O–H groups in total. The maximum absolute atomic E-state index is 12.0. The van der Waals surface area contributed by atoms with Crippen molar-refractivity contribution in [3.8, 4) is 0 Å². The zero-order valence-corrected chi connectivity index (χ0v) is 11.9. The van der Waals surface area contributed by atoms with E-state index in [2.05, 4.69) is 0 Å². The van der Waals surface area contributed by atoms with Crippen molar-refractivity contribution in [2.24, 2.45) is 5.92 Å². The highest BCUT2D eigenvalue weighted by Crippen LogP contribution is 2.25. The quantitative estimate of drug-likeness (QED) is 0.861. The Morgan fingerprint density at radius 1 is 1.26 bits per heavy atom. The molecule has 4 nitrogen and oxygen atoms in total. The lowest BCUT2D eigenvalue weighted by Crippen LogP contribution is -2.24. The minimum Gasteiger partial charge on any atom is -0.393 e. The van der Waals surface area contributed by atoms with E-state index >= 15 is 0 Å². The largest absolute Gasteiger partial charge is 0.393 e. The summed E-state index contributed by atoms with van der Waals surface area (Å²) in [6, 6.07) is 6.61. The van der Waals surface area contributed by atoms with Crippen LogP contribution in [-0.4, -0.2) is 26.2 Å². The van der Waals surface area contributed by atoms with Crippen molar-refractivity contribution < 1.29 is 17.7 Å². The zero-order chi connectivity index (χ0) is 13.9. The average Bonchev–Trinajstić information content (AvgIpc) is 2.37. The molecule has 2 atom stereocenters. The predicted octanol–water partition coefficient (Wildman–Crippen LogP) is 2.25. The Hall–Kier alpha value is -0.910. The molecule has 0 amide bonds. The molecule has 106 valence electrons. The van der Waals surface area contributed by atoms with Crippen LogP contribution in [0.2, 0.25) is 0 Å². The molecule has 1 aromatic rings. The number of hydrogen-bond donors (Lipinski definition) is 1. The fraction of sp³-hybridized carbons (Fsp3) is 0.571. The molecular formula is C14H20O4S. The van der Waals surface area contributed by atoms with Gasteiger partial charge >= 0.3 is 0 Å². The van der Waals surface area contributed by atoms with Crippen molar-refractivity contribution in [2.45, 2.75) is 43.6 Å². The van der Waals surface area contributed by atoms with E-state index in [1.807, 2.05) is 6.92 Å². The Balaban J connectivity index is 1.96. The monoisotopic (exact) mass is 284 g/mol. The smallest absolute Gasteiger partial charge is 0.296 e. The maximum atomic E-state index is 12.0. The van der Waals surface area contributed by atoms with Crippen molar-refractivity contribution in [2.75, 3.05) is 6.61 Å². The van der Waals surface area contributed by atoms with Gasteiger partial charge in [-0.05, 0) is 44.2 Å². The molecule has 2 rings (SSSR count). The Labute approximate surface area is 114 Å². The molecule has 1 aliphatic rings. The fourth-order valence-electron chi connectivity index (χ4n) is 2.37. The zero-order valence-electron chi connectivity index (χ0n) is 11.1. The normalized spacial score (nSPS) is 24.3. The molecule has 0 heterocycles. The van der Waals surface area contributed by atoms with Crippen LogP contribution in [0, 0.1) is 12.8 Å². The molecule has 0 aliphatic heterocycles. The number of aryl methyl sites for hydroxylation is 1. The van der Waals surface area contributed by atoms with E-state index < -0.39 is 10.1 Å². The van der Waals surface area contributed by atoms with Gasteiger partial charge in [0.05, 0.1) is 17.6 Å². The summed E-state index contributed by atoms with van der Waals surface area (Å²) in [4.78, 5) is 0.189. The van der Waals surface area contributed by atoms with Crippen molar-refractivity contribution in [1.82, 2.24) is 0 Å². The van der Waals surface area contributed by atoms with E-state index in [9.17, 15) is 13.5 Å². The highest BCUT2D eigenvalue weighted by molar-refractivity contribution is 7.86. The second kappa shape index (κ2) is 6.03. The van der Waals surface area contributed by atoms with E-state index in [1.165, 1.54) is 0 Å². The van der Waals surface area contributed by atoms with Crippen LogP contribution in [0.3, 0.4) is 0 Å². The molecule has 1 aromatic carbocycles.